The second-order valence-corrected chi connectivity index (χ2v) is 11.0. The maximum atomic E-state index is 13.1. The maximum absolute atomic E-state index is 13.1. The van der Waals surface area contributed by atoms with E-state index in [-0.39, 0.29) is 16.9 Å². The molecule has 0 aromatic carbocycles. The number of rotatable bonds is 3. The molecule has 0 bridgehead atoms. The normalized spacial score (nSPS) is 51.6. The zero-order valence-corrected chi connectivity index (χ0v) is 17.0. The first kappa shape index (κ1) is 17.6. The summed E-state index contributed by atoms with van der Waals surface area (Å²) in [6, 6.07) is 0. The molecule has 5 heteroatoms. The van der Waals surface area contributed by atoms with Crippen LogP contribution in [-0.2, 0) is 11.3 Å². The Morgan fingerprint density at radius 2 is 1.64 bits per heavy atom. The van der Waals surface area contributed by atoms with Gasteiger partial charge in [0.25, 0.3) is 0 Å². The highest BCUT2D eigenvalue weighted by Crippen LogP contribution is 2.68. The summed E-state index contributed by atoms with van der Waals surface area (Å²) in [5.41, 5.74) is -0.101. The van der Waals surface area contributed by atoms with Gasteiger partial charge >= 0.3 is 0 Å². The Bertz CT molecular complexity index is 779. The maximum Gasteiger partial charge on any atom is 0.159 e. The highest BCUT2D eigenvalue weighted by Gasteiger charge is 2.65. The summed E-state index contributed by atoms with van der Waals surface area (Å²) in [4.78, 5) is 14.7. The average molecular weight is 384 g/mol. The first-order chi connectivity index (χ1) is 13.5. The molecule has 5 aliphatic carbocycles. The van der Waals surface area contributed by atoms with Crippen molar-refractivity contribution in [2.24, 2.45) is 46.8 Å². The smallest absolute Gasteiger partial charge is 0.159 e. The highest BCUT2D eigenvalue weighted by molar-refractivity contribution is 5.81. The van der Waals surface area contributed by atoms with E-state index in [4.69, 9.17) is 0 Å². The molecule has 0 amide bonds. The number of carbonyl (C=O) groups is 1. The molecule has 5 nitrogen and oxygen atoms in total. The van der Waals surface area contributed by atoms with Gasteiger partial charge in [-0.05, 0) is 98.7 Å². The molecule has 6 rings (SSSR count). The molecule has 28 heavy (non-hydrogen) atoms. The number of Topliss-reactive ketones (excluding diaryl/α,β-unsaturated/α-hetero) is 1. The summed E-state index contributed by atoms with van der Waals surface area (Å²) in [6.07, 6.45) is 14.1. The fraction of sp³-hybridized carbons (Fsp3) is 0.870. The Labute approximate surface area is 167 Å². The molecule has 1 heterocycles. The fourth-order valence-corrected chi connectivity index (χ4v) is 8.79. The standard InChI is InChI=1S/C23H33N3O2/c1-22-8-6-14-15-7-9-23(28)12-20(23)17(15)3-2-16(14)18(22)4-5-19(22)21(27)13-26-24-10-11-25-26/h10-11,14-20,28H,2-9,12-13H2,1H3/t14-,15-,16-,17+,18+,19-,20?,22+,23+/m1/s1. The Morgan fingerprint density at radius 1 is 0.964 bits per heavy atom. The van der Waals surface area contributed by atoms with Crippen LogP contribution in [0, 0.1) is 46.8 Å². The lowest BCUT2D eigenvalue weighted by Crippen LogP contribution is -2.50. The summed E-state index contributed by atoms with van der Waals surface area (Å²) in [6.45, 7) is 2.76. The number of ketones is 1. The van der Waals surface area contributed by atoms with Crippen molar-refractivity contribution >= 4 is 5.78 Å². The Morgan fingerprint density at radius 3 is 2.39 bits per heavy atom. The first-order valence-electron chi connectivity index (χ1n) is 11.6. The first-order valence-corrected chi connectivity index (χ1v) is 11.6. The van der Waals surface area contributed by atoms with Gasteiger partial charge in [-0.2, -0.15) is 15.0 Å². The Balaban J connectivity index is 1.21. The number of fused-ring (bicyclic) bond motifs is 7. The molecule has 1 aromatic heterocycles. The number of aliphatic hydroxyl groups is 1. The lowest BCUT2D eigenvalue weighted by atomic mass is 9.49. The van der Waals surface area contributed by atoms with Crippen molar-refractivity contribution in [3.05, 3.63) is 12.4 Å². The van der Waals surface area contributed by atoms with Gasteiger partial charge in [0, 0.05) is 5.92 Å². The van der Waals surface area contributed by atoms with Gasteiger partial charge in [0.05, 0.1) is 18.0 Å². The average Bonchev–Trinajstić information content (AvgIpc) is 3.00. The van der Waals surface area contributed by atoms with Crippen molar-refractivity contribution < 1.29 is 9.90 Å². The van der Waals surface area contributed by atoms with Crippen LogP contribution in [0.5, 0.6) is 0 Å². The molecule has 1 unspecified atom stereocenters. The number of hydrogen-bond acceptors (Lipinski definition) is 4. The zero-order chi connectivity index (χ0) is 19.1. The molecule has 1 N–H and O–H groups in total. The van der Waals surface area contributed by atoms with Crippen molar-refractivity contribution in [1.82, 2.24) is 15.0 Å². The van der Waals surface area contributed by atoms with Crippen LogP contribution in [0.2, 0.25) is 0 Å². The topological polar surface area (TPSA) is 68.0 Å². The van der Waals surface area contributed by atoms with Crippen molar-refractivity contribution in [1.29, 1.82) is 0 Å². The van der Waals surface area contributed by atoms with E-state index in [1.165, 1.54) is 38.5 Å². The highest BCUT2D eigenvalue weighted by atomic mass is 16.3. The molecule has 0 aliphatic heterocycles. The molecule has 0 saturated heterocycles. The quantitative estimate of drug-likeness (QED) is 0.868. The van der Waals surface area contributed by atoms with E-state index in [1.807, 2.05) is 0 Å². The second kappa shape index (κ2) is 5.90. The minimum absolute atomic E-state index is 0.174. The molecule has 5 aliphatic rings. The monoisotopic (exact) mass is 383 g/mol. The molecular formula is C23H33N3O2. The third-order valence-electron chi connectivity index (χ3n) is 10.1. The molecule has 1 aromatic rings. The van der Waals surface area contributed by atoms with Crippen LogP contribution < -0.4 is 0 Å². The zero-order valence-electron chi connectivity index (χ0n) is 17.0. The third-order valence-corrected chi connectivity index (χ3v) is 10.1. The predicted molar refractivity (Wildman–Crippen MR) is 104 cm³/mol. The summed E-state index contributed by atoms with van der Waals surface area (Å²) < 4.78 is 0. The van der Waals surface area contributed by atoms with E-state index in [0.717, 1.165) is 42.9 Å². The van der Waals surface area contributed by atoms with Crippen LogP contribution >= 0.6 is 0 Å². The number of hydrogen-bond donors (Lipinski definition) is 1. The van der Waals surface area contributed by atoms with Gasteiger partial charge in [0.15, 0.2) is 5.78 Å². The van der Waals surface area contributed by atoms with E-state index in [1.54, 1.807) is 17.2 Å². The molecule has 0 radical (unpaired) electrons. The molecule has 152 valence electrons. The van der Waals surface area contributed by atoms with E-state index < -0.39 is 0 Å². The minimum atomic E-state index is -0.275. The van der Waals surface area contributed by atoms with E-state index in [2.05, 4.69) is 17.1 Å². The lowest BCUT2D eigenvalue weighted by Gasteiger charge is -2.56. The van der Waals surface area contributed by atoms with Crippen molar-refractivity contribution in [3.63, 3.8) is 0 Å². The van der Waals surface area contributed by atoms with E-state index in [9.17, 15) is 9.90 Å². The lowest BCUT2D eigenvalue weighted by molar-refractivity contribution is -0.132. The van der Waals surface area contributed by atoms with Gasteiger partial charge in [-0.15, -0.1) is 0 Å². The van der Waals surface area contributed by atoms with Gasteiger partial charge in [-0.1, -0.05) is 6.92 Å². The van der Waals surface area contributed by atoms with Crippen LogP contribution in [0.3, 0.4) is 0 Å². The van der Waals surface area contributed by atoms with Gasteiger partial charge in [-0.3, -0.25) is 4.79 Å². The van der Waals surface area contributed by atoms with E-state index >= 15 is 0 Å². The van der Waals surface area contributed by atoms with Crippen LogP contribution in [-0.4, -0.2) is 31.5 Å². The molecule has 9 atom stereocenters. The fourth-order valence-electron chi connectivity index (χ4n) is 8.79. The largest absolute Gasteiger partial charge is 0.390 e. The van der Waals surface area contributed by atoms with Gasteiger partial charge in [0.2, 0.25) is 0 Å². The van der Waals surface area contributed by atoms with Gasteiger partial charge in [-0.25, -0.2) is 0 Å². The Kier molecular flexibility index (Phi) is 3.71. The second-order valence-electron chi connectivity index (χ2n) is 11.0. The summed E-state index contributed by atoms with van der Waals surface area (Å²) >= 11 is 0. The molecule has 5 fully saturated rings. The van der Waals surface area contributed by atoms with Crippen LogP contribution in [0.25, 0.3) is 0 Å². The van der Waals surface area contributed by atoms with Gasteiger partial charge in [0.1, 0.15) is 6.54 Å². The summed E-state index contributed by atoms with van der Waals surface area (Å²) in [7, 11) is 0. The van der Waals surface area contributed by atoms with Crippen molar-refractivity contribution in [3.8, 4) is 0 Å². The van der Waals surface area contributed by atoms with Crippen LogP contribution in [0.4, 0.5) is 0 Å². The number of carbonyl (C=O) groups excluding carboxylic acids is 1. The van der Waals surface area contributed by atoms with Gasteiger partial charge < -0.3 is 5.11 Å². The summed E-state index contributed by atoms with van der Waals surface area (Å²) in [5, 5.41) is 18.9. The van der Waals surface area contributed by atoms with Crippen LogP contribution in [0.15, 0.2) is 12.4 Å². The predicted octanol–water partition coefficient (Wildman–Crippen LogP) is 3.48. The third kappa shape index (κ3) is 2.37. The van der Waals surface area contributed by atoms with Crippen LogP contribution in [0.1, 0.15) is 64.7 Å². The minimum Gasteiger partial charge on any atom is -0.390 e. The summed E-state index contributed by atoms with van der Waals surface area (Å²) in [5.74, 6) is 5.14. The number of nitrogens with zero attached hydrogens (tertiary/aromatic N) is 3. The number of aromatic nitrogens is 3. The van der Waals surface area contributed by atoms with E-state index in [0.29, 0.717) is 24.2 Å². The molecular weight excluding hydrogens is 350 g/mol. The molecule has 0 spiro atoms. The SMILES string of the molecule is C[C@]12CC[C@@H]3[C@H]4CC[C@]5(O)CC5[C@H]4CC[C@H]3[C@@H]1CC[C@@H]2C(=O)Cn1nccn1. The van der Waals surface area contributed by atoms with Crippen molar-refractivity contribution in [2.45, 2.75) is 76.9 Å². The molecule has 5 saturated carbocycles. The van der Waals surface area contributed by atoms with Crippen molar-refractivity contribution in [2.75, 3.05) is 0 Å². The Hall–Kier alpha value is -1.23.